The Morgan fingerprint density at radius 2 is 1.56 bits per heavy atom. The Balaban J connectivity index is 1.17. The van der Waals surface area contributed by atoms with Crippen molar-refractivity contribution in [3.8, 4) is 0 Å². The van der Waals surface area contributed by atoms with Gasteiger partial charge in [0.1, 0.15) is 5.01 Å². The number of nitrogens with zero attached hydrogens (tertiary/aromatic N) is 4. The fourth-order valence-corrected chi connectivity index (χ4v) is 4.22. The topological polar surface area (TPSA) is 130 Å². The lowest BCUT2D eigenvalue weighted by Gasteiger charge is -2.11. The minimum absolute atomic E-state index is 0.221. The summed E-state index contributed by atoms with van der Waals surface area (Å²) in [5.74, 6) is -0.500. The van der Waals surface area contributed by atoms with Gasteiger partial charge in [-0.15, -0.1) is 15.3 Å². The molecule has 36 heavy (non-hydrogen) atoms. The fourth-order valence-electron chi connectivity index (χ4n) is 3.42. The van der Waals surface area contributed by atoms with Crippen molar-refractivity contribution >= 4 is 29.0 Å². The van der Waals surface area contributed by atoms with Crippen molar-refractivity contribution in [2.75, 3.05) is 5.32 Å². The summed E-state index contributed by atoms with van der Waals surface area (Å²) in [6.07, 6.45) is 1.90. The predicted octanol–water partition coefficient (Wildman–Crippen LogP) is 3.50. The van der Waals surface area contributed by atoms with Gasteiger partial charge in [0.05, 0.1) is 5.69 Å². The maximum atomic E-state index is 12.3. The minimum atomic E-state index is -1.27. The molecule has 0 aliphatic carbocycles. The molecule has 3 N–H and O–H groups in total. The van der Waals surface area contributed by atoms with E-state index >= 15 is 0 Å². The molecule has 2 aromatic carbocycles. The molecule has 1 atom stereocenters. The van der Waals surface area contributed by atoms with Crippen molar-refractivity contribution in [1.82, 2.24) is 25.7 Å². The van der Waals surface area contributed by atoms with Gasteiger partial charge >= 0.3 is 0 Å². The molecule has 184 valence electrons. The lowest BCUT2D eigenvalue weighted by molar-refractivity contribution is -0.124. The molecular formula is C26H26N6O3S. The normalized spacial score (nSPS) is 11.6. The highest BCUT2D eigenvalue weighted by Crippen LogP contribution is 2.16. The number of nitrogens with one attached hydrogen (secondary N) is 2. The van der Waals surface area contributed by atoms with Crippen LogP contribution in [0.5, 0.6) is 0 Å². The van der Waals surface area contributed by atoms with Crippen molar-refractivity contribution in [1.29, 1.82) is 0 Å². The van der Waals surface area contributed by atoms with Crippen LogP contribution in [0, 0.1) is 0 Å². The smallest absolute Gasteiger partial charge is 0.282 e. The van der Waals surface area contributed by atoms with Crippen LogP contribution in [-0.4, -0.2) is 37.3 Å². The summed E-state index contributed by atoms with van der Waals surface area (Å²) < 4.78 is 0. The highest BCUT2D eigenvalue weighted by molar-refractivity contribution is 7.13. The Hall–Kier alpha value is -4.02. The molecule has 4 rings (SSSR count). The van der Waals surface area contributed by atoms with Crippen LogP contribution in [0.25, 0.3) is 0 Å². The van der Waals surface area contributed by atoms with E-state index in [2.05, 4.69) is 31.0 Å². The Morgan fingerprint density at radius 1 is 0.833 bits per heavy atom. The molecule has 0 aliphatic rings. The van der Waals surface area contributed by atoms with Crippen molar-refractivity contribution in [2.24, 2.45) is 0 Å². The average molecular weight is 503 g/mol. The summed E-state index contributed by atoms with van der Waals surface area (Å²) in [6, 6.07) is 21.9. The van der Waals surface area contributed by atoms with Gasteiger partial charge < -0.3 is 15.7 Å². The summed E-state index contributed by atoms with van der Waals surface area (Å²) in [4.78, 5) is 24.5. The molecular weight excluding hydrogens is 476 g/mol. The van der Waals surface area contributed by atoms with E-state index in [1.54, 1.807) is 36.4 Å². The lowest BCUT2D eigenvalue weighted by Crippen LogP contribution is -2.22. The molecule has 0 spiro atoms. The van der Waals surface area contributed by atoms with Crippen LogP contribution >= 0.6 is 11.3 Å². The van der Waals surface area contributed by atoms with E-state index in [4.69, 9.17) is 0 Å². The number of hydrogen-bond donors (Lipinski definition) is 3. The van der Waals surface area contributed by atoms with E-state index in [1.165, 1.54) is 11.3 Å². The van der Waals surface area contributed by atoms with Gasteiger partial charge in [0, 0.05) is 13.0 Å². The number of amides is 2. The zero-order chi connectivity index (χ0) is 25.2. The molecule has 9 nitrogen and oxygen atoms in total. The first-order chi connectivity index (χ1) is 17.6. The van der Waals surface area contributed by atoms with E-state index in [-0.39, 0.29) is 11.7 Å². The summed E-state index contributed by atoms with van der Waals surface area (Å²) in [6.45, 7) is 0.450. The van der Waals surface area contributed by atoms with Crippen LogP contribution in [0.1, 0.15) is 50.6 Å². The summed E-state index contributed by atoms with van der Waals surface area (Å²) in [7, 11) is 0. The molecule has 2 amide bonds. The van der Waals surface area contributed by atoms with E-state index in [0.717, 1.165) is 41.9 Å². The highest BCUT2D eigenvalue weighted by Gasteiger charge is 2.17. The fraction of sp³-hybridized carbons (Fsp3) is 0.231. The molecule has 10 heteroatoms. The van der Waals surface area contributed by atoms with Crippen LogP contribution in [0.15, 0.2) is 72.8 Å². The van der Waals surface area contributed by atoms with Gasteiger partial charge in [-0.25, -0.2) is 0 Å². The standard InChI is InChI=1S/C26H26N6O3S/c33-23(19-11-5-2-6-12-19)24(34)28-21-16-15-20(29-30-21)13-7-8-14-22-31-32-26(36-22)25(35)27-17-18-9-3-1-4-10-18/h1-6,9-12,15-16,23,33H,7-8,13-14,17H2,(H,27,35)(H,28,30,34)/t23-/m0/s1. The molecule has 2 heterocycles. The number of aromatic nitrogens is 4. The van der Waals surface area contributed by atoms with Crippen molar-refractivity contribution in [3.05, 3.63) is 99.6 Å². The van der Waals surface area contributed by atoms with Crippen molar-refractivity contribution in [2.45, 2.75) is 38.3 Å². The Kier molecular flexibility index (Phi) is 8.79. The number of benzene rings is 2. The Labute approximate surface area is 212 Å². The van der Waals surface area contributed by atoms with Crippen LogP contribution in [0.2, 0.25) is 0 Å². The second-order valence-electron chi connectivity index (χ2n) is 8.09. The first-order valence-electron chi connectivity index (χ1n) is 11.6. The van der Waals surface area contributed by atoms with Crippen molar-refractivity contribution < 1.29 is 14.7 Å². The number of aliphatic hydroxyl groups excluding tert-OH is 1. The first-order valence-corrected chi connectivity index (χ1v) is 12.4. The molecule has 0 radical (unpaired) electrons. The van der Waals surface area contributed by atoms with Gasteiger partial charge in [-0.05, 0) is 42.5 Å². The van der Waals surface area contributed by atoms with Gasteiger partial charge in [-0.2, -0.15) is 5.10 Å². The number of hydrogen-bond acceptors (Lipinski definition) is 8. The highest BCUT2D eigenvalue weighted by atomic mass is 32.1. The van der Waals surface area contributed by atoms with Gasteiger partial charge in [0.25, 0.3) is 11.8 Å². The maximum absolute atomic E-state index is 12.3. The van der Waals surface area contributed by atoms with Crippen LogP contribution < -0.4 is 10.6 Å². The zero-order valence-corrected chi connectivity index (χ0v) is 20.3. The van der Waals surface area contributed by atoms with Gasteiger partial charge in [-0.3, -0.25) is 9.59 Å². The first kappa shape index (κ1) is 25.1. The SMILES string of the molecule is O=C(NCc1ccccc1)c1nnc(CCCCc2ccc(NC(=O)[C@@H](O)c3ccccc3)nn2)s1. The summed E-state index contributed by atoms with van der Waals surface area (Å²) >= 11 is 1.31. The number of anilines is 1. The number of aryl methyl sites for hydroxylation is 2. The summed E-state index contributed by atoms with van der Waals surface area (Å²) in [5.41, 5.74) is 2.34. The molecule has 0 aliphatic heterocycles. The maximum Gasteiger partial charge on any atom is 0.282 e. The molecule has 0 saturated heterocycles. The Bertz CT molecular complexity index is 1270. The molecule has 0 bridgehead atoms. The third-order valence-corrected chi connectivity index (χ3v) is 6.35. The summed E-state index contributed by atoms with van der Waals surface area (Å²) in [5, 5.41) is 33.1. The molecule has 4 aromatic rings. The Morgan fingerprint density at radius 3 is 2.28 bits per heavy atom. The van der Waals surface area contributed by atoms with Crippen LogP contribution in [-0.2, 0) is 24.2 Å². The average Bonchev–Trinajstić information content (AvgIpc) is 3.40. The molecule has 0 saturated carbocycles. The van der Waals surface area contributed by atoms with Crippen LogP contribution in [0.4, 0.5) is 5.82 Å². The van der Waals surface area contributed by atoms with Crippen LogP contribution in [0.3, 0.4) is 0 Å². The number of unbranched alkanes of at least 4 members (excludes halogenated alkanes) is 1. The molecule has 2 aromatic heterocycles. The number of carbonyl (C=O) groups is 2. The molecule has 0 unspecified atom stereocenters. The monoisotopic (exact) mass is 502 g/mol. The van der Waals surface area contributed by atoms with E-state index in [9.17, 15) is 14.7 Å². The largest absolute Gasteiger partial charge is 0.378 e. The van der Waals surface area contributed by atoms with E-state index in [1.807, 2.05) is 36.4 Å². The second kappa shape index (κ2) is 12.6. The minimum Gasteiger partial charge on any atom is -0.378 e. The third kappa shape index (κ3) is 7.24. The predicted molar refractivity (Wildman–Crippen MR) is 136 cm³/mol. The number of rotatable bonds is 11. The van der Waals surface area contributed by atoms with Gasteiger partial charge in [0.15, 0.2) is 11.9 Å². The lowest BCUT2D eigenvalue weighted by atomic mass is 10.1. The number of aliphatic hydroxyl groups is 1. The molecule has 0 fully saturated rings. The van der Waals surface area contributed by atoms with E-state index < -0.39 is 12.0 Å². The van der Waals surface area contributed by atoms with E-state index in [0.29, 0.717) is 17.1 Å². The third-order valence-electron chi connectivity index (χ3n) is 5.37. The quantitative estimate of drug-likeness (QED) is 0.268. The zero-order valence-electron chi connectivity index (χ0n) is 19.5. The van der Waals surface area contributed by atoms with Gasteiger partial charge in [0.2, 0.25) is 5.01 Å². The van der Waals surface area contributed by atoms with Gasteiger partial charge in [-0.1, -0.05) is 72.0 Å². The second-order valence-corrected chi connectivity index (χ2v) is 9.15. The van der Waals surface area contributed by atoms with Crippen molar-refractivity contribution in [3.63, 3.8) is 0 Å². The number of carbonyl (C=O) groups excluding carboxylic acids is 2.